The molecule has 2 fully saturated rings. The summed E-state index contributed by atoms with van der Waals surface area (Å²) in [6.45, 7) is 10.3. The molecule has 94 valence electrons. The molecule has 2 saturated heterocycles. The predicted octanol–water partition coefficient (Wildman–Crippen LogP) is 2.97. The molecule has 0 saturated carbocycles. The predicted molar refractivity (Wildman–Crippen MR) is 67.6 cm³/mol. The van der Waals surface area contributed by atoms with E-state index in [1.807, 2.05) is 0 Å². The Hall–Kier alpha value is -0.0800. The van der Waals surface area contributed by atoms with Crippen LogP contribution in [0.1, 0.15) is 52.9 Å². The molecule has 0 aromatic heterocycles. The molecule has 0 aliphatic carbocycles. The van der Waals surface area contributed by atoms with Crippen molar-refractivity contribution in [2.24, 2.45) is 11.3 Å². The van der Waals surface area contributed by atoms with Crippen molar-refractivity contribution in [2.45, 2.75) is 58.5 Å². The lowest BCUT2D eigenvalue weighted by atomic mass is 9.61. The van der Waals surface area contributed by atoms with Gasteiger partial charge in [0, 0.05) is 6.61 Å². The highest BCUT2D eigenvalue weighted by Crippen LogP contribution is 2.49. The summed E-state index contributed by atoms with van der Waals surface area (Å²) < 4.78 is 6.01. The molecule has 3 unspecified atom stereocenters. The molecule has 16 heavy (non-hydrogen) atoms. The van der Waals surface area contributed by atoms with E-state index in [1.54, 1.807) is 0 Å². The summed E-state index contributed by atoms with van der Waals surface area (Å²) in [4.78, 5) is 0. The lowest BCUT2D eigenvalue weighted by molar-refractivity contribution is -0.141. The van der Waals surface area contributed by atoms with Crippen molar-refractivity contribution in [3.05, 3.63) is 0 Å². The molecule has 0 aromatic carbocycles. The number of rotatable bonds is 2. The van der Waals surface area contributed by atoms with Gasteiger partial charge in [-0.25, -0.2) is 0 Å². The van der Waals surface area contributed by atoms with Gasteiger partial charge in [-0.05, 0) is 57.0 Å². The zero-order valence-electron chi connectivity index (χ0n) is 11.1. The molecule has 2 heteroatoms. The van der Waals surface area contributed by atoms with Gasteiger partial charge in [-0.2, -0.15) is 0 Å². The average molecular weight is 225 g/mol. The molecular weight excluding hydrogens is 198 g/mol. The third-order valence-corrected chi connectivity index (χ3v) is 5.07. The van der Waals surface area contributed by atoms with E-state index in [4.69, 9.17) is 4.74 Å². The van der Waals surface area contributed by atoms with E-state index in [-0.39, 0.29) is 5.60 Å². The van der Waals surface area contributed by atoms with Gasteiger partial charge < -0.3 is 10.1 Å². The molecule has 1 spiro atoms. The second-order valence-electron chi connectivity index (χ2n) is 6.00. The van der Waals surface area contributed by atoms with E-state index >= 15 is 0 Å². The number of piperidine rings is 1. The van der Waals surface area contributed by atoms with Crippen molar-refractivity contribution in [1.82, 2.24) is 5.32 Å². The molecule has 2 heterocycles. The molecule has 2 nitrogen and oxygen atoms in total. The highest BCUT2D eigenvalue weighted by atomic mass is 16.5. The Morgan fingerprint density at radius 1 is 1.31 bits per heavy atom. The summed E-state index contributed by atoms with van der Waals surface area (Å²) in [5.74, 6) is 0.857. The Kier molecular flexibility index (Phi) is 3.60. The van der Waals surface area contributed by atoms with Crippen molar-refractivity contribution < 1.29 is 4.74 Å². The lowest BCUT2D eigenvalue weighted by Gasteiger charge is -2.52. The number of hydrogen-bond acceptors (Lipinski definition) is 2. The SMILES string of the molecule is CCC1CNCCC12CCOC(C)(CC)C2. The van der Waals surface area contributed by atoms with Crippen LogP contribution in [0.3, 0.4) is 0 Å². The van der Waals surface area contributed by atoms with Gasteiger partial charge in [-0.3, -0.25) is 0 Å². The first-order valence-electron chi connectivity index (χ1n) is 6.99. The van der Waals surface area contributed by atoms with Crippen LogP contribution in [0.5, 0.6) is 0 Å². The molecule has 0 aromatic rings. The summed E-state index contributed by atoms with van der Waals surface area (Å²) >= 11 is 0. The maximum absolute atomic E-state index is 6.01. The fourth-order valence-corrected chi connectivity index (χ4v) is 3.79. The second-order valence-corrected chi connectivity index (χ2v) is 6.00. The van der Waals surface area contributed by atoms with Crippen LogP contribution < -0.4 is 5.32 Å². The minimum absolute atomic E-state index is 0.142. The Morgan fingerprint density at radius 2 is 2.12 bits per heavy atom. The zero-order chi connectivity index (χ0) is 11.6. The quantitative estimate of drug-likeness (QED) is 0.780. The summed E-state index contributed by atoms with van der Waals surface area (Å²) in [6, 6.07) is 0. The topological polar surface area (TPSA) is 21.3 Å². The van der Waals surface area contributed by atoms with E-state index in [2.05, 4.69) is 26.1 Å². The van der Waals surface area contributed by atoms with Gasteiger partial charge in [0.1, 0.15) is 0 Å². The third kappa shape index (κ3) is 2.14. The van der Waals surface area contributed by atoms with E-state index in [1.165, 1.54) is 38.8 Å². The largest absolute Gasteiger partial charge is 0.375 e. The van der Waals surface area contributed by atoms with Gasteiger partial charge in [0.25, 0.3) is 0 Å². The first kappa shape index (κ1) is 12.4. The molecule has 0 radical (unpaired) electrons. The van der Waals surface area contributed by atoms with Crippen LogP contribution >= 0.6 is 0 Å². The molecule has 0 bridgehead atoms. The van der Waals surface area contributed by atoms with Crippen LogP contribution in [0.25, 0.3) is 0 Å². The third-order valence-electron chi connectivity index (χ3n) is 5.07. The average Bonchev–Trinajstić information content (AvgIpc) is 2.30. The van der Waals surface area contributed by atoms with Gasteiger partial charge in [0.2, 0.25) is 0 Å². The van der Waals surface area contributed by atoms with E-state index in [0.717, 1.165) is 18.9 Å². The van der Waals surface area contributed by atoms with Crippen LogP contribution in [-0.2, 0) is 4.74 Å². The molecule has 2 rings (SSSR count). The second kappa shape index (κ2) is 4.66. The minimum atomic E-state index is 0.142. The maximum atomic E-state index is 6.01. The summed E-state index contributed by atoms with van der Waals surface area (Å²) in [6.07, 6.45) is 6.37. The highest BCUT2D eigenvalue weighted by molar-refractivity contribution is 4.98. The van der Waals surface area contributed by atoms with Crippen molar-refractivity contribution >= 4 is 0 Å². The van der Waals surface area contributed by atoms with Crippen molar-refractivity contribution in [3.8, 4) is 0 Å². The molecule has 0 amide bonds. The minimum Gasteiger partial charge on any atom is -0.375 e. The molecule has 2 aliphatic heterocycles. The number of hydrogen-bond donors (Lipinski definition) is 1. The van der Waals surface area contributed by atoms with Crippen LogP contribution in [0, 0.1) is 11.3 Å². The molecule has 2 aliphatic rings. The summed E-state index contributed by atoms with van der Waals surface area (Å²) in [7, 11) is 0. The van der Waals surface area contributed by atoms with Gasteiger partial charge >= 0.3 is 0 Å². The zero-order valence-corrected chi connectivity index (χ0v) is 11.1. The van der Waals surface area contributed by atoms with Gasteiger partial charge in [-0.15, -0.1) is 0 Å². The van der Waals surface area contributed by atoms with Crippen LogP contribution in [-0.4, -0.2) is 25.3 Å². The van der Waals surface area contributed by atoms with Gasteiger partial charge in [-0.1, -0.05) is 20.3 Å². The Bertz CT molecular complexity index is 239. The Balaban J connectivity index is 2.15. The van der Waals surface area contributed by atoms with Crippen LogP contribution in [0.2, 0.25) is 0 Å². The van der Waals surface area contributed by atoms with Crippen molar-refractivity contribution in [2.75, 3.05) is 19.7 Å². The summed E-state index contributed by atoms with van der Waals surface area (Å²) in [5.41, 5.74) is 0.714. The maximum Gasteiger partial charge on any atom is 0.0657 e. The Labute approximate surface area is 100 Å². The van der Waals surface area contributed by atoms with Gasteiger partial charge in [0.05, 0.1) is 5.60 Å². The van der Waals surface area contributed by atoms with Gasteiger partial charge in [0.15, 0.2) is 0 Å². The van der Waals surface area contributed by atoms with E-state index in [0.29, 0.717) is 5.41 Å². The van der Waals surface area contributed by atoms with E-state index in [9.17, 15) is 0 Å². The van der Waals surface area contributed by atoms with Crippen molar-refractivity contribution in [3.63, 3.8) is 0 Å². The normalized spacial score (nSPS) is 44.8. The first-order chi connectivity index (χ1) is 7.64. The molecule has 3 atom stereocenters. The fraction of sp³-hybridized carbons (Fsp3) is 1.00. The lowest BCUT2D eigenvalue weighted by Crippen LogP contribution is -2.52. The fourth-order valence-electron chi connectivity index (χ4n) is 3.79. The monoisotopic (exact) mass is 225 g/mol. The Morgan fingerprint density at radius 3 is 2.81 bits per heavy atom. The smallest absolute Gasteiger partial charge is 0.0657 e. The summed E-state index contributed by atoms with van der Waals surface area (Å²) in [5, 5.41) is 3.56. The van der Waals surface area contributed by atoms with Crippen molar-refractivity contribution in [1.29, 1.82) is 0 Å². The highest BCUT2D eigenvalue weighted by Gasteiger charge is 2.47. The molecular formula is C14H27NO. The molecule has 1 N–H and O–H groups in total. The van der Waals surface area contributed by atoms with Crippen LogP contribution in [0.15, 0.2) is 0 Å². The van der Waals surface area contributed by atoms with E-state index < -0.39 is 0 Å². The number of nitrogens with one attached hydrogen (secondary N) is 1. The standard InChI is InChI=1S/C14H27NO/c1-4-12-10-15-8-6-14(12)7-9-16-13(3,5-2)11-14/h12,15H,4-11H2,1-3H3. The first-order valence-corrected chi connectivity index (χ1v) is 6.99. The van der Waals surface area contributed by atoms with Crippen LogP contribution in [0.4, 0.5) is 0 Å². The number of ether oxygens (including phenoxy) is 1.